The number of aryl methyl sites for hydroxylation is 1. The van der Waals surface area contributed by atoms with Gasteiger partial charge in [-0.05, 0) is 54.4 Å². The van der Waals surface area contributed by atoms with Crippen molar-refractivity contribution in [2.45, 2.75) is 13.5 Å². The first-order valence-electron chi connectivity index (χ1n) is 9.35. The number of carbonyl (C=O) groups is 1. The zero-order valence-corrected chi connectivity index (χ0v) is 16.3. The van der Waals surface area contributed by atoms with E-state index in [9.17, 15) is 9.82 Å². The van der Waals surface area contributed by atoms with Gasteiger partial charge < -0.3 is 25.6 Å². The SMILES string of the molecule is C=CC(=O)Nc1cccc(Nc2ncc(C)c(Nc3ccc4c(c3)B(O)OC4)n2)c1. The van der Waals surface area contributed by atoms with Gasteiger partial charge in [0.1, 0.15) is 5.82 Å². The Hall–Kier alpha value is -3.69. The number of benzene rings is 2. The Morgan fingerprint density at radius 3 is 2.83 bits per heavy atom. The van der Waals surface area contributed by atoms with E-state index in [0.29, 0.717) is 24.1 Å². The summed E-state index contributed by atoms with van der Waals surface area (Å²) in [6.07, 6.45) is 2.93. The Morgan fingerprint density at radius 1 is 1.20 bits per heavy atom. The number of nitrogens with one attached hydrogen (secondary N) is 3. The van der Waals surface area contributed by atoms with Gasteiger partial charge in [-0.1, -0.05) is 18.7 Å². The highest BCUT2D eigenvalue weighted by Gasteiger charge is 2.27. The largest absolute Gasteiger partial charge is 0.491 e. The normalized spacial score (nSPS) is 12.3. The molecule has 0 saturated heterocycles. The Kier molecular flexibility index (Phi) is 5.47. The molecule has 4 rings (SSSR count). The fourth-order valence-corrected chi connectivity index (χ4v) is 3.06. The molecule has 0 fully saturated rings. The minimum atomic E-state index is -0.903. The molecule has 1 aliphatic rings. The van der Waals surface area contributed by atoms with Gasteiger partial charge >= 0.3 is 7.12 Å². The minimum absolute atomic E-state index is 0.282. The number of amides is 1. The van der Waals surface area contributed by atoms with Crippen LogP contribution in [0.1, 0.15) is 11.1 Å². The summed E-state index contributed by atoms with van der Waals surface area (Å²) in [6.45, 7) is 5.76. The van der Waals surface area contributed by atoms with Crippen molar-refractivity contribution in [1.29, 1.82) is 0 Å². The summed E-state index contributed by atoms with van der Waals surface area (Å²) in [7, 11) is -0.903. The molecule has 0 saturated carbocycles. The van der Waals surface area contributed by atoms with Crippen molar-refractivity contribution in [2.75, 3.05) is 16.0 Å². The first kappa shape index (κ1) is 19.6. The third-order valence-corrected chi connectivity index (χ3v) is 4.61. The summed E-state index contributed by atoms with van der Waals surface area (Å²) in [4.78, 5) is 20.4. The number of hydrogen-bond donors (Lipinski definition) is 4. The Bertz CT molecular complexity index is 1120. The molecular formula is C21H20BN5O3. The van der Waals surface area contributed by atoms with Crippen molar-refractivity contribution in [3.05, 3.63) is 72.4 Å². The molecule has 0 bridgehead atoms. The van der Waals surface area contributed by atoms with Gasteiger partial charge in [-0.25, -0.2) is 4.98 Å². The lowest BCUT2D eigenvalue weighted by Gasteiger charge is -2.12. The van der Waals surface area contributed by atoms with Crippen molar-refractivity contribution in [1.82, 2.24) is 9.97 Å². The van der Waals surface area contributed by atoms with E-state index in [1.54, 1.807) is 18.3 Å². The molecule has 3 aromatic rings. The lowest BCUT2D eigenvalue weighted by molar-refractivity contribution is -0.111. The van der Waals surface area contributed by atoms with Gasteiger partial charge in [0.05, 0.1) is 6.61 Å². The van der Waals surface area contributed by atoms with Crippen molar-refractivity contribution in [2.24, 2.45) is 0 Å². The van der Waals surface area contributed by atoms with E-state index >= 15 is 0 Å². The Balaban J connectivity index is 1.53. The summed E-state index contributed by atoms with van der Waals surface area (Å²) >= 11 is 0. The summed E-state index contributed by atoms with van der Waals surface area (Å²) in [5.74, 6) is 0.756. The molecule has 1 aliphatic heterocycles. The molecule has 4 N–H and O–H groups in total. The maximum Gasteiger partial charge on any atom is 0.491 e. The van der Waals surface area contributed by atoms with Crippen LogP contribution in [0.3, 0.4) is 0 Å². The van der Waals surface area contributed by atoms with Crippen molar-refractivity contribution >= 4 is 47.3 Å². The second kappa shape index (κ2) is 8.36. The minimum Gasteiger partial charge on any atom is -0.423 e. The van der Waals surface area contributed by atoms with Crippen LogP contribution in [-0.2, 0) is 16.1 Å². The highest BCUT2D eigenvalue weighted by atomic mass is 16.5. The molecule has 30 heavy (non-hydrogen) atoms. The van der Waals surface area contributed by atoms with Gasteiger partial charge in [0.15, 0.2) is 0 Å². The lowest BCUT2D eigenvalue weighted by atomic mass is 9.79. The van der Waals surface area contributed by atoms with Crippen LogP contribution in [0.25, 0.3) is 0 Å². The average Bonchev–Trinajstić information content (AvgIpc) is 3.11. The molecule has 0 aliphatic carbocycles. The molecule has 2 heterocycles. The van der Waals surface area contributed by atoms with Crippen LogP contribution in [0.2, 0.25) is 0 Å². The summed E-state index contributed by atoms with van der Waals surface area (Å²) in [5.41, 5.74) is 4.74. The van der Waals surface area contributed by atoms with Gasteiger partial charge in [-0.3, -0.25) is 4.79 Å². The molecule has 9 heteroatoms. The highest BCUT2D eigenvalue weighted by Crippen LogP contribution is 2.23. The van der Waals surface area contributed by atoms with Crippen LogP contribution in [0, 0.1) is 6.92 Å². The summed E-state index contributed by atoms with van der Waals surface area (Å²) in [5, 5.41) is 19.0. The third kappa shape index (κ3) is 4.32. The van der Waals surface area contributed by atoms with Crippen LogP contribution in [-0.4, -0.2) is 28.0 Å². The van der Waals surface area contributed by atoms with Crippen molar-refractivity contribution < 1.29 is 14.5 Å². The molecule has 8 nitrogen and oxygen atoms in total. The lowest BCUT2D eigenvalue weighted by Crippen LogP contribution is -2.28. The predicted molar refractivity (Wildman–Crippen MR) is 117 cm³/mol. The van der Waals surface area contributed by atoms with Gasteiger partial charge in [-0.2, -0.15) is 4.98 Å². The van der Waals surface area contributed by atoms with Gasteiger partial charge in [-0.15, -0.1) is 0 Å². The summed E-state index contributed by atoms with van der Waals surface area (Å²) in [6, 6.07) is 12.9. The number of hydrogen-bond acceptors (Lipinski definition) is 7. The van der Waals surface area contributed by atoms with E-state index < -0.39 is 7.12 Å². The number of anilines is 5. The molecule has 1 amide bonds. The van der Waals surface area contributed by atoms with Gasteiger partial charge in [0, 0.05) is 28.8 Å². The molecule has 0 atom stereocenters. The molecular weight excluding hydrogens is 381 g/mol. The molecule has 1 aromatic heterocycles. The van der Waals surface area contributed by atoms with Gasteiger partial charge in [0.25, 0.3) is 0 Å². The third-order valence-electron chi connectivity index (χ3n) is 4.61. The molecule has 0 spiro atoms. The van der Waals surface area contributed by atoms with Crippen molar-refractivity contribution in [3.63, 3.8) is 0 Å². The molecule has 0 unspecified atom stereocenters. The van der Waals surface area contributed by atoms with Crippen LogP contribution in [0.5, 0.6) is 0 Å². The standard InChI is InChI=1S/C21H20BN5O3/c1-3-19(28)24-15-5-4-6-16(9-15)26-21-23-11-13(2)20(27-21)25-17-8-7-14-12-30-22(29)18(14)10-17/h3-11,29H,1,12H2,2H3,(H,24,28)(H2,23,25,26,27). The highest BCUT2D eigenvalue weighted by molar-refractivity contribution is 6.61. The fraction of sp³-hybridized carbons (Fsp3) is 0.0952. The zero-order chi connectivity index (χ0) is 21.1. The van der Waals surface area contributed by atoms with Crippen LogP contribution in [0.4, 0.5) is 28.8 Å². The number of fused-ring (bicyclic) bond motifs is 1. The van der Waals surface area contributed by atoms with E-state index in [1.165, 1.54) is 6.08 Å². The number of rotatable bonds is 6. The monoisotopic (exact) mass is 401 g/mol. The quantitative estimate of drug-likeness (QED) is 0.372. The maximum atomic E-state index is 11.5. The summed E-state index contributed by atoms with van der Waals surface area (Å²) < 4.78 is 5.24. The van der Waals surface area contributed by atoms with E-state index in [2.05, 4.69) is 32.5 Å². The average molecular weight is 401 g/mol. The van der Waals surface area contributed by atoms with E-state index in [4.69, 9.17) is 4.65 Å². The zero-order valence-electron chi connectivity index (χ0n) is 16.3. The Morgan fingerprint density at radius 2 is 2.00 bits per heavy atom. The number of aromatic nitrogens is 2. The fourth-order valence-electron chi connectivity index (χ4n) is 3.06. The smallest absolute Gasteiger partial charge is 0.423 e. The second-order valence-electron chi connectivity index (χ2n) is 6.83. The molecule has 2 aromatic carbocycles. The van der Waals surface area contributed by atoms with E-state index in [0.717, 1.165) is 28.0 Å². The number of nitrogens with zero attached hydrogens (tertiary/aromatic N) is 2. The first-order valence-corrected chi connectivity index (χ1v) is 9.35. The van der Waals surface area contributed by atoms with E-state index in [1.807, 2.05) is 37.3 Å². The second-order valence-corrected chi connectivity index (χ2v) is 6.83. The molecule has 150 valence electrons. The maximum absolute atomic E-state index is 11.5. The van der Waals surface area contributed by atoms with Crippen LogP contribution < -0.4 is 21.4 Å². The van der Waals surface area contributed by atoms with Crippen LogP contribution in [0.15, 0.2) is 61.3 Å². The predicted octanol–water partition coefficient (Wildman–Crippen LogP) is 2.61. The van der Waals surface area contributed by atoms with E-state index in [-0.39, 0.29) is 5.91 Å². The number of carbonyl (C=O) groups excluding carboxylic acids is 1. The first-order chi connectivity index (χ1) is 14.5. The molecule has 0 radical (unpaired) electrons. The van der Waals surface area contributed by atoms with Crippen molar-refractivity contribution in [3.8, 4) is 0 Å². The van der Waals surface area contributed by atoms with Crippen LogP contribution >= 0.6 is 0 Å². The van der Waals surface area contributed by atoms with Gasteiger partial charge in [0.2, 0.25) is 11.9 Å². The topological polar surface area (TPSA) is 108 Å². The Labute approximate surface area is 174 Å².